The summed E-state index contributed by atoms with van der Waals surface area (Å²) in [6, 6.07) is 6.48. The van der Waals surface area contributed by atoms with Gasteiger partial charge in [-0.3, -0.25) is 9.59 Å². The average molecular weight is 467 g/mol. The monoisotopic (exact) mass is 467 g/mol. The van der Waals surface area contributed by atoms with Gasteiger partial charge in [-0.15, -0.1) is 11.8 Å². The fraction of sp³-hybridized carbons (Fsp3) is 0.208. The number of rotatable bonds is 6. The highest BCUT2D eigenvalue weighted by molar-refractivity contribution is 8.08. The van der Waals surface area contributed by atoms with Gasteiger partial charge in [-0.05, 0) is 30.2 Å². The molecular weight excluding hydrogens is 446 g/mol. The molecule has 0 aliphatic heterocycles. The van der Waals surface area contributed by atoms with Crippen molar-refractivity contribution >= 4 is 45.7 Å². The van der Waals surface area contributed by atoms with Crippen LogP contribution in [0.15, 0.2) is 35.9 Å². The van der Waals surface area contributed by atoms with Crippen molar-refractivity contribution in [2.45, 2.75) is 26.3 Å². The van der Waals surface area contributed by atoms with Crippen LogP contribution in [-0.2, 0) is 16.0 Å². The average Bonchev–Trinajstić information content (AvgIpc) is 3.09. The molecule has 1 amide bonds. The molecule has 0 radical (unpaired) electrons. The zero-order valence-electron chi connectivity index (χ0n) is 17.8. The maximum absolute atomic E-state index is 13.5. The largest absolute Gasteiger partial charge is 0.507 e. The van der Waals surface area contributed by atoms with Crippen molar-refractivity contribution in [3.63, 3.8) is 0 Å². The second-order valence-electron chi connectivity index (χ2n) is 7.75. The Bertz CT molecular complexity index is 1290. The Hall–Kier alpha value is -3.72. The fourth-order valence-electron chi connectivity index (χ4n) is 4.13. The highest BCUT2D eigenvalue weighted by atomic mass is 32.2. The highest BCUT2D eigenvalue weighted by Crippen LogP contribution is 2.56. The van der Waals surface area contributed by atoms with E-state index in [0.717, 1.165) is 17.3 Å². The molecule has 0 saturated heterocycles. The van der Waals surface area contributed by atoms with Crippen LogP contribution >= 0.6 is 11.8 Å². The van der Waals surface area contributed by atoms with Gasteiger partial charge in [0, 0.05) is 45.4 Å². The summed E-state index contributed by atoms with van der Waals surface area (Å²) >= 11 is 1.03. The number of allylic oxidation sites excluding steroid dienone is 2. The number of carbonyl (C=O) groups is 3. The summed E-state index contributed by atoms with van der Waals surface area (Å²) in [5, 5.41) is 44.1. The molecule has 8 nitrogen and oxygen atoms in total. The molecule has 170 valence electrons. The molecule has 2 aromatic rings. The third-order valence-corrected chi connectivity index (χ3v) is 6.83. The Morgan fingerprint density at radius 3 is 2.39 bits per heavy atom. The van der Waals surface area contributed by atoms with E-state index in [1.807, 2.05) is 6.92 Å². The van der Waals surface area contributed by atoms with Crippen LogP contribution in [0.4, 0.5) is 0 Å². The molecule has 2 aromatic carbocycles. The quantitative estimate of drug-likeness (QED) is 0.435. The van der Waals surface area contributed by atoms with Gasteiger partial charge in [0.25, 0.3) is 0 Å². The number of carbonyl (C=O) groups excluding carboxylic acids is 2. The zero-order chi connectivity index (χ0) is 24.0. The van der Waals surface area contributed by atoms with Crippen molar-refractivity contribution < 1.29 is 34.8 Å². The lowest BCUT2D eigenvalue weighted by atomic mass is 9.84. The third-order valence-electron chi connectivity index (χ3n) is 5.62. The topological polar surface area (TPSA) is 144 Å². The Morgan fingerprint density at radius 1 is 1.03 bits per heavy atom. The van der Waals surface area contributed by atoms with Crippen molar-refractivity contribution in [2.24, 2.45) is 0 Å². The summed E-state index contributed by atoms with van der Waals surface area (Å²) in [5.41, 5.74) is 1.85. The molecule has 0 unspecified atom stereocenters. The van der Waals surface area contributed by atoms with Gasteiger partial charge < -0.3 is 25.7 Å². The lowest BCUT2D eigenvalue weighted by Gasteiger charge is -2.20. The molecule has 0 bridgehead atoms. The molecule has 0 aromatic heterocycles. The lowest BCUT2D eigenvalue weighted by molar-refractivity contribution is -0.140. The number of aryl methyl sites for hydroxylation is 1. The van der Waals surface area contributed by atoms with Crippen LogP contribution in [-0.4, -0.2) is 49.9 Å². The number of phenolic OH excluding ortho intramolecular Hbond substituents is 2. The van der Waals surface area contributed by atoms with E-state index in [-0.39, 0.29) is 50.8 Å². The van der Waals surface area contributed by atoms with Crippen LogP contribution < -0.4 is 5.32 Å². The third kappa shape index (κ3) is 3.64. The maximum atomic E-state index is 13.5. The van der Waals surface area contributed by atoms with Crippen LogP contribution in [0.2, 0.25) is 0 Å². The van der Waals surface area contributed by atoms with Gasteiger partial charge in [0.05, 0.1) is 5.56 Å². The number of amides is 1. The molecule has 5 N–H and O–H groups in total. The molecule has 0 heterocycles. The number of carboxylic acid groups (broad SMARTS) is 1. The number of phenols is 2. The summed E-state index contributed by atoms with van der Waals surface area (Å²) in [5.74, 6) is -3.06. The van der Waals surface area contributed by atoms with E-state index in [4.69, 9.17) is 0 Å². The number of aliphatic carboxylic acids is 1. The number of aliphatic hydroxyl groups is 1. The van der Waals surface area contributed by atoms with Crippen LogP contribution in [0.25, 0.3) is 16.2 Å². The standard InChI is InChI=1S/C24H21NO7S/c1-3-11-7-13-17(16(28)8-11)19-20(23(13)33-9-14(24(31)32)25-10(2)26)22(30)18-12(21(19)29)5-4-6-15(18)27/h4-8,14,27-29H,3,9H2,1-2H3,(H,25,26)(H,31,32)/t14-/m0/s1. The molecule has 33 heavy (non-hydrogen) atoms. The normalized spacial score (nSPS) is 15.2. The van der Waals surface area contributed by atoms with Crippen LogP contribution in [0.5, 0.6) is 11.5 Å². The molecular formula is C24H21NO7S. The summed E-state index contributed by atoms with van der Waals surface area (Å²) in [6.07, 6.45) is 0.595. The zero-order valence-corrected chi connectivity index (χ0v) is 18.6. The van der Waals surface area contributed by atoms with Crippen molar-refractivity contribution in [2.75, 3.05) is 5.75 Å². The second kappa shape index (κ2) is 8.32. The van der Waals surface area contributed by atoms with Crippen molar-refractivity contribution in [1.29, 1.82) is 0 Å². The minimum absolute atomic E-state index is 0.0634. The van der Waals surface area contributed by atoms with E-state index in [1.165, 1.54) is 25.1 Å². The first-order valence-electron chi connectivity index (χ1n) is 10.2. The van der Waals surface area contributed by atoms with Crippen molar-refractivity contribution in [3.8, 4) is 11.5 Å². The highest BCUT2D eigenvalue weighted by Gasteiger charge is 2.42. The molecule has 0 saturated carbocycles. The molecule has 4 rings (SSSR count). The van der Waals surface area contributed by atoms with Gasteiger partial charge in [0.2, 0.25) is 5.91 Å². The number of benzene rings is 2. The van der Waals surface area contributed by atoms with E-state index in [2.05, 4.69) is 5.32 Å². The van der Waals surface area contributed by atoms with Crippen LogP contribution in [0, 0.1) is 0 Å². The lowest BCUT2D eigenvalue weighted by Crippen LogP contribution is -2.41. The van der Waals surface area contributed by atoms with E-state index in [9.17, 15) is 34.8 Å². The number of hydrogen-bond acceptors (Lipinski definition) is 7. The van der Waals surface area contributed by atoms with E-state index in [0.29, 0.717) is 16.9 Å². The molecule has 2 aliphatic carbocycles. The van der Waals surface area contributed by atoms with E-state index >= 15 is 0 Å². The van der Waals surface area contributed by atoms with Gasteiger partial charge in [0.1, 0.15) is 23.3 Å². The first-order chi connectivity index (χ1) is 15.6. The Kier molecular flexibility index (Phi) is 5.67. The number of aliphatic hydroxyl groups excluding tert-OH is 1. The Labute approximate surface area is 193 Å². The predicted molar refractivity (Wildman–Crippen MR) is 124 cm³/mol. The van der Waals surface area contributed by atoms with Gasteiger partial charge in [-0.1, -0.05) is 19.1 Å². The molecule has 9 heteroatoms. The van der Waals surface area contributed by atoms with Gasteiger partial charge >= 0.3 is 5.97 Å². The minimum atomic E-state index is -1.23. The number of nitrogens with one attached hydrogen (secondary N) is 1. The number of carboxylic acids is 1. The fourth-order valence-corrected chi connectivity index (χ4v) is 5.34. The number of aromatic hydroxyl groups is 2. The molecule has 0 fully saturated rings. The van der Waals surface area contributed by atoms with Crippen molar-refractivity contribution in [3.05, 3.63) is 63.7 Å². The minimum Gasteiger partial charge on any atom is -0.507 e. The molecule has 0 spiro atoms. The number of hydrogen-bond donors (Lipinski definition) is 5. The predicted octanol–water partition coefficient (Wildman–Crippen LogP) is 3.33. The van der Waals surface area contributed by atoms with Gasteiger partial charge in [-0.2, -0.15) is 0 Å². The Balaban J connectivity index is 1.94. The molecule has 2 aliphatic rings. The van der Waals surface area contributed by atoms with Crippen LogP contribution in [0.1, 0.15) is 46.5 Å². The second-order valence-corrected chi connectivity index (χ2v) is 8.78. The first-order valence-corrected chi connectivity index (χ1v) is 11.2. The number of thioether (sulfide) groups is 1. The van der Waals surface area contributed by atoms with Crippen molar-refractivity contribution in [1.82, 2.24) is 5.32 Å². The summed E-state index contributed by atoms with van der Waals surface area (Å²) in [4.78, 5) is 36.9. The summed E-state index contributed by atoms with van der Waals surface area (Å²) < 4.78 is 0. The number of Topliss-reactive ketones (excluding diaryl/α,β-unsaturated/α-hetero) is 1. The van der Waals surface area contributed by atoms with Gasteiger partial charge in [0.15, 0.2) is 5.78 Å². The van der Waals surface area contributed by atoms with Gasteiger partial charge in [-0.25, -0.2) is 4.79 Å². The van der Waals surface area contributed by atoms with E-state index in [1.54, 1.807) is 12.1 Å². The number of ketones is 1. The smallest absolute Gasteiger partial charge is 0.327 e. The molecule has 1 atom stereocenters. The van der Waals surface area contributed by atoms with E-state index < -0.39 is 23.7 Å². The Morgan fingerprint density at radius 2 is 1.76 bits per heavy atom. The number of fused-ring (bicyclic) bond motifs is 4. The van der Waals surface area contributed by atoms with Crippen LogP contribution in [0.3, 0.4) is 0 Å². The maximum Gasteiger partial charge on any atom is 0.327 e. The SMILES string of the molecule is CCc1cc(O)c2c(c1)C(SC[C@H](NC(C)=O)C(=O)O)=C1C(=O)c3c(O)cccc3C(O)=C12. The first kappa shape index (κ1) is 22.5. The summed E-state index contributed by atoms with van der Waals surface area (Å²) in [6.45, 7) is 3.11. The summed E-state index contributed by atoms with van der Waals surface area (Å²) in [7, 11) is 0.